The van der Waals surface area contributed by atoms with Gasteiger partial charge in [0, 0.05) is 0 Å². The minimum Gasteiger partial charge on any atom is -0.465 e. The van der Waals surface area contributed by atoms with Gasteiger partial charge in [-0.2, -0.15) is 0 Å². The molecule has 0 radical (unpaired) electrons. The Morgan fingerprint density at radius 3 is 2.08 bits per heavy atom. The number of carboxylic acid groups (broad SMARTS) is 1. The number of sulfone groups is 1. The van der Waals surface area contributed by atoms with Crippen molar-refractivity contribution in [3.63, 3.8) is 0 Å². The molecule has 2 atom stereocenters. The summed E-state index contributed by atoms with van der Waals surface area (Å²) in [7, 11) is -3.91. The number of carbonyl (C=O) groups excluding carboxylic acids is 2. The zero-order chi connectivity index (χ0) is 27.8. The number of Topliss-reactive ketones (excluding diaryl/α,β-unsaturated/α-hetero) is 1. The molecule has 4 rings (SSSR count). The van der Waals surface area contributed by atoms with Crippen LogP contribution in [0, 0.1) is 0 Å². The van der Waals surface area contributed by atoms with Gasteiger partial charge in [-0.25, -0.2) is 18.2 Å². The molecule has 202 valence electrons. The molecule has 0 saturated heterocycles. The number of hydrogen-bond donors (Lipinski definition) is 3. The fourth-order valence-corrected chi connectivity index (χ4v) is 5.66. The highest BCUT2D eigenvalue weighted by Gasteiger charge is 2.32. The highest BCUT2D eigenvalue weighted by Crippen LogP contribution is 2.18. The number of aromatic nitrogens is 1. The number of oxazole rings is 1. The van der Waals surface area contributed by atoms with Crippen LogP contribution in [0.4, 0.5) is 4.79 Å². The first-order valence-corrected chi connectivity index (χ1v) is 14.0. The molecule has 0 bridgehead atoms. The van der Waals surface area contributed by atoms with Crippen molar-refractivity contribution in [2.45, 2.75) is 30.7 Å². The molecular formula is C28H27N3O7S. The third kappa shape index (κ3) is 7.74. The highest BCUT2D eigenvalue weighted by atomic mass is 32.2. The molecule has 3 N–H and O–H groups in total. The van der Waals surface area contributed by atoms with E-state index in [-0.39, 0.29) is 18.1 Å². The lowest BCUT2D eigenvalue weighted by atomic mass is 10.0. The van der Waals surface area contributed by atoms with E-state index in [0.29, 0.717) is 23.1 Å². The van der Waals surface area contributed by atoms with Crippen molar-refractivity contribution in [1.82, 2.24) is 15.6 Å². The van der Waals surface area contributed by atoms with Gasteiger partial charge in [-0.3, -0.25) is 9.59 Å². The predicted octanol–water partition coefficient (Wildman–Crippen LogP) is 3.38. The normalized spacial score (nSPS) is 12.9. The van der Waals surface area contributed by atoms with Crippen molar-refractivity contribution < 1.29 is 32.3 Å². The first kappa shape index (κ1) is 27.5. The summed E-state index contributed by atoms with van der Waals surface area (Å²) in [5.74, 6) is -2.94. The summed E-state index contributed by atoms with van der Waals surface area (Å²) in [5.41, 5.74) is 2.27. The van der Waals surface area contributed by atoms with Crippen molar-refractivity contribution >= 4 is 38.7 Å². The summed E-state index contributed by atoms with van der Waals surface area (Å²) in [6, 6.07) is 21.6. The number of benzene rings is 3. The SMILES string of the molecule is O=C(O)N[C@@H](CS(=O)(=O)Cc1ccccc1)C(=O)N[C@@H](CCc1ccccc1)C(=O)c1nc2ccccc2o1. The average molecular weight is 550 g/mol. The molecule has 0 spiro atoms. The van der Waals surface area contributed by atoms with E-state index in [4.69, 9.17) is 4.42 Å². The predicted molar refractivity (Wildman–Crippen MR) is 144 cm³/mol. The summed E-state index contributed by atoms with van der Waals surface area (Å²) in [4.78, 5) is 42.3. The maximum atomic E-state index is 13.4. The Hall–Kier alpha value is -4.51. The van der Waals surface area contributed by atoms with Crippen LogP contribution in [0.5, 0.6) is 0 Å². The molecule has 1 aromatic heterocycles. The van der Waals surface area contributed by atoms with Gasteiger partial charge in [-0.05, 0) is 36.1 Å². The van der Waals surface area contributed by atoms with Crippen LogP contribution >= 0.6 is 0 Å². The van der Waals surface area contributed by atoms with Crippen LogP contribution in [0.1, 0.15) is 28.2 Å². The molecule has 1 heterocycles. The Morgan fingerprint density at radius 1 is 0.821 bits per heavy atom. The molecule has 39 heavy (non-hydrogen) atoms. The molecule has 2 amide bonds. The number of nitrogens with one attached hydrogen (secondary N) is 2. The quantitative estimate of drug-likeness (QED) is 0.227. The Balaban J connectivity index is 1.55. The Morgan fingerprint density at radius 2 is 1.44 bits per heavy atom. The second-order valence-corrected chi connectivity index (χ2v) is 11.1. The number of hydrogen-bond acceptors (Lipinski definition) is 7. The van der Waals surface area contributed by atoms with Gasteiger partial charge in [0.1, 0.15) is 11.6 Å². The second-order valence-electron chi connectivity index (χ2n) is 8.98. The Labute approximate surface area is 225 Å². The van der Waals surface area contributed by atoms with E-state index in [2.05, 4.69) is 10.3 Å². The van der Waals surface area contributed by atoms with E-state index in [1.165, 1.54) is 0 Å². The molecule has 10 nitrogen and oxygen atoms in total. The van der Waals surface area contributed by atoms with Crippen LogP contribution < -0.4 is 10.6 Å². The van der Waals surface area contributed by atoms with Crippen LogP contribution in [-0.2, 0) is 26.8 Å². The average Bonchev–Trinajstić information content (AvgIpc) is 3.35. The molecule has 0 saturated carbocycles. The fourth-order valence-electron chi connectivity index (χ4n) is 4.10. The van der Waals surface area contributed by atoms with E-state index in [9.17, 15) is 27.9 Å². The van der Waals surface area contributed by atoms with Crippen LogP contribution in [0.3, 0.4) is 0 Å². The summed E-state index contributed by atoms with van der Waals surface area (Å²) in [6.45, 7) is 0. The van der Waals surface area contributed by atoms with Gasteiger partial charge < -0.3 is 20.2 Å². The summed E-state index contributed by atoms with van der Waals surface area (Å²) in [6.07, 6.45) is -1.03. The standard InChI is InChI=1S/C28H27N3O7S/c32-25(27-30-21-13-7-8-14-24(21)38-27)22(16-15-19-9-3-1-4-10-19)29-26(33)23(31-28(34)35)18-39(36,37)17-20-11-5-2-6-12-20/h1-14,22-23,31H,15-18H2,(H,29,33)(H,34,35)/t22-,23-/m0/s1. The molecule has 0 aliphatic rings. The van der Waals surface area contributed by atoms with Gasteiger partial charge in [0.25, 0.3) is 5.89 Å². The fraction of sp³-hybridized carbons (Fsp3) is 0.214. The highest BCUT2D eigenvalue weighted by molar-refractivity contribution is 7.90. The van der Waals surface area contributed by atoms with Crippen molar-refractivity contribution in [3.05, 3.63) is 102 Å². The van der Waals surface area contributed by atoms with Crippen LogP contribution in [0.2, 0.25) is 0 Å². The zero-order valence-corrected chi connectivity index (χ0v) is 21.6. The lowest BCUT2D eigenvalue weighted by molar-refractivity contribution is -0.123. The van der Waals surface area contributed by atoms with Crippen LogP contribution in [0.15, 0.2) is 89.3 Å². The summed E-state index contributed by atoms with van der Waals surface area (Å²) < 4.78 is 31.3. The van der Waals surface area contributed by atoms with Crippen LogP contribution in [-0.4, -0.2) is 54.1 Å². The number of carbonyl (C=O) groups is 3. The smallest absolute Gasteiger partial charge is 0.405 e. The van der Waals surface area contributed by atoms with Gasteiger partial charge >= 0.3 is 6.09 Å². The number of amides is 2. The Kier molecular flexibility index (Phi) is 8.72. The second kappa shape index (κ2) is 12.4. The largest absolute Gasteiger partial charge is 0.465 e. The maximum absolute atomic E-state index is 13.4. The van der Waals surface area contributed by atoms with Gasteiger partial charge in [0.05, 0.1) is 17.5 Å². The number of rotatable bonds is 12. The van der Waals surface area contributed by atoms with E-state index in [1.54, 1.807) is 54.6 Å². The molecule has 0 aliphatic heterocycles. The lowest BCUT2D eigenvalue weighted by Gasteiger charge is -2.21. The Bertz CT molecular complexity index is 1520. The number of fused-ring (bicyclic) bond motifs is 1. The molecule has 3 aromatic carbocycles. The third-order valence-electron chi connectivity index (χ3n) is 5.97. The first-order valence-electron chi connectivity index (χ1n) is 12.2. The van der Waals surface area contributed by atoms with Crippen molar-refractivity contribution in [1.29, 1.82) is 0 Å². The number of nitrogens with zero attached hydrogens (tertiary/aromatic N) is 1. The molecule has 0 aliphatic carbocycles. The topological polar surface area (TPSA) is 156 Å². The summed E-state index contributed by atoms with van der Waals surface area (Å²) >= 11 is 0. The van der Waals surface area contributed by atoms with Gasteiger partial charge in [0.15, 0.2) is 15.4 Å². The summed E-state index contributed by atoms with van der Waals surface area (Å²) in [5, 5.41) is 13.8. The van der Waals surface area contributed by atoms with Crippen LogP contribution in [0.25, 0.3) is 11.1 Å². The van der Waals surface area contributed by atoms with Gasteiger partial charge in [-0.1, -0.05) is 72.8 Å². The van der Waals surface area contributed by atoms with Crippen molar-refractivity contribution in [3.8, 4) is 0 Å². The number of aryl methyl sites for hydroxylation is 1. The van der Waals surface area contributed by atoms with E-state index < -0.39 is 45.5 Å². The molecule has 0 unspecified atom stereocenters. The maximum Gasteiger partial charge on any atom is 0.405 e. The van der Waals surface area contributed by atoms with Crippen molar-refractivity contribution in [2.75, 3.05) is 5.75 Å². The number of para-hydroxylation sites is 2. The minimum absolute atomic E-state index is 0.143. The monoisotopic (exact) mass is 549 g/mol. The minimum atomic E-state index is -3.91. The van der Waals surface area contributed by atoms with Crippen molar-refractivity contribution in [2.24, 2.45) is 0 Å². The van der Waals surface area contributed by atoms with E-state index >= 15 is 0 Å². The third-order valence-corrected chi connectivity index (χ3v) is 7.58. The molecule has 11 heteroatoms. The van der Waals surface area contributed by atoms with Gasteiger partial charge in [0.2, 0.25) is 11.7 Å². The molecule has 0 fully saturated rings. The number of ketones is 1. The molecular weight excluding hydrogens is 522 g/mol. The zero-order valence-electron chi connectivity index (χ0n) is 20.8. The first-order chi connectivity index (χ1) is 18.7. The molecule has 4 aromatic rings. The van der Waals surface area contributed by atoms with E-state index in [1.807, 2.05) is 35.6 Å². The van der Waals surface area contributed by atoms with E-state index in [0.717, 1.165) is 5.56 Å². The lowest BCUT2D eigenvalue weighted by Crippen LogP contribution is -2.54. The van der Waals surface area contributed by atoms with Gasteiger partial charge in [-0.15, -0.1) is 0 Å².